The summed E-state index contributed by atoms with van der Waals surface area (Å²) >= 11 is 0. The number of hydrogen-bond donors (Lipinski definition) is 2. The molecule has 0 aromatic rings. The molecule has 1 aliphatic heterocycles. The molecule has 1 aliphatic rings. The van der Waals surface area contributed by atoms with Crippen molar-refractivity contribution in [2.75, 3.05) is 13.2 Å². The summed E-state index contributed by atoms with van der Waals surface area (Å²) in [5, 5.41) is 8.78. The smallest absolute Gasteiger partial charge is 0.279 e. The third-order valence-electron chi connectivity index (χ3n) is 2.71. The van der Waals surface area contributed by atoms with Crippen LogP contribution < -0.4 is 4.72 Å². The van der Waals surface area contributed by atoms with Crippen LogP contribution >= 0.6 is 0 Å². The second kappa shape index (κ2) is 5.95. The summed E-state index contributed by atoms with van der Waals surface area (Å²) in [6.45, 7) is 4.35. The molecule has 0 spiro atoms. The van der Waals surface area contributed by atoms with Gasteiger partial charge in [0.2, 0.25) is 0 Å². The third-order valence-corrected chi connectivity index (χ3v) is 4.58. The molecule has 0 aliphatic carbocycles. The lowest BCUT2D eigenvalue weighted by Crippen LogP contribution is -2.45. The van der Waals surface area contributed by atoms with Crippen molar-refractivity contribution < 1.29 is 13.5 Å². The summed E-state index contributed by atoms with van der Waals surface area (Å²) in [7, 11) is -3.34. The van der Waals surface area contributed by atoms with Gasteiger partial charge in [-0.1, -0.05) is 0 Å². The summed E-state index contributed by atoms with van der Waals surface area (Å²) in [6, 6.07) is -0.0208. The molecule has 96 valence electrons. The second-order valence-corrected chi connectivity index (χ2v) is 6.21. The highest BCUT2D eigenvalue weighted by Crippen LogP contribution is 2.23. The van der Waals surface area contributed by atoms with Crippen LogP contribution in [-0.2, 0) is 10.2 Å². The maximum atomic E-state index is 12.0. The van der Waals surface area contributed by atoms with Crippen molar-refractivity contribution in [3.63, 3.8) is 0 Å². The van der Waals surface area contributed by atoms with Crippen LogP contribution in [0.2, 0.25) is 0 Å². The van der Waals surface area contributed by atoms with E-state index in [0.29, 0.717) is 13.0 Å². The molecule has 0 aromatic heterocycles. The minimum absolute atomic E-state index is 0.0587. The zero-order chi connectivity index (χ0) is 12.2. The standard InChI is InChI=1S/C10H22N2O3S/c1-9(2)11-16(14,15)12-7-3-5-10(12)6-4-8-13/h9-11,13H,3-8H2,1-2H3. The molecular formula is C10H22N2O3S. The number of nitrogens with one attached hydrogen (secondary N) is 1. The molecule has 5 nitrogen and oxygen atoms in total. The maximum absolute atomic E-state index is 12.0. The van der Waals surface area contributed by atoms with Crippen LogP contribution in [0.3, 0.4) is 0 Å². The van der Waals surface area contributed by atoms with Crippen LogP contribution in [0, 0.1) is 0 Å². The Hall–Kier alpha value is -0.170. The highest BCUT2D eigenvalue weighted by molar-refractivity contribution is 7.87. The number of rotatable bonds is 6. The minimum atomic E-state index is -3.34. The van der Waals surface area contributed by atoms with E-state index < -0.39 is 10.2 Å². The van der Waals surface area contributed by atoms with E-state index >= 15 is 0 Å². The van der Waals surface area contributed by atoms with E-state index in [-0.39, 0.29) is 18.7 Å². The minimum Gasteiger partial charge on any atom is -0.396 e. The maximum Gasteiger partial charge on any atom is 0.279 e. The van der Waals surface area contributed by atoms with Crippen molar-refractivity contribution >= 4 is 10.2 Å². The van der Waals surface area contributed by atoms with E-state index in [1.165, 1.54) is 0 Å². The van der Waals surface area contributed by atoms with Gasteiger partial charge < -0.3 is 5.11 Å². The predicted molar refractivity (Wildman–Crippen MR) is 63.2 cm³/mol. The highest BCUT2D eigenvalue weighted by Gasteiger charge is 2.33. The van der Waals surface area contributed by atoms with E-state index in [1.54, 1.807) is 4.31 Å². The molecule has 0 bridgehead atoms. The summed E-state index contributed by atoms with van der Waals surface area (Å²) in [5.41, 5.74) is 0. The van der Waals surface area contributed by atoms with Gasteiger partial charge in [-0.2, -0.15) is 17.4 Å². The Bertz CT molecular complexity index is 303. The van der Waals surface area contributed by atoms with Crippen LogP contribution in [0.4, 0.5) is 0 Å². The molecule has 6 heteroatoms. The quantitative estimate of drug-likeness (QED) is 0.720. The zero-order valence-corrected chi connectivity index (χ0v) is 10.8. The van der Waals surface area contributed by atoms with Crippen LogP contribution in [0.15, 0.2) is 0 Å². The Morgan fingerprint density at radius 1 is 1.50 bits per heavy atom. The number of nitrogens with zero attached hydrogens (tertiary/aromatic N) is 1. The Kier molecular flexibility index (Phi) is 5.17. The third kappa shape index (κ3) is 3.69. The number of aliphatic hydroxyl groups is 1. The number of aliphatic hydroxyl groups excluding tert-OH is 1. The lowest BCUT2D eigenvalue weighted by atomic mass is 10.1. The summed E-state index contributed by atoms with van der Waals surface area (Å²) < 4.78 is 28.1. The van der Waals surface area contributed by atoms with Gasteiger partial charge in [0.05, 0.1) is 0 Å². The number of hydrogen-bond acceptors (Lipinski definition) is 3. The first-order valence-electron chi connectivity index (χ1n) is 5.87. The second-order valence-electron chi connectivity index (χ2n) is 4.55. The molecule has 1 saturated heterocycles. The Labute approximate surface area is 98.0 Å². The fourth-order valence-electron chi connectivity index (χ4n) is 2.11. The van der Waals surface area contributed by atoms with Crippen molar-refractivity contribution in [3.05, 3.63) is 0 Å². The fraction of sp³-hybridized carbons (Fsp3) is 1.00. The largest absolute Gasteiger partial charge is 0.396 e. The SMILES string of the molecule is CC(C)NS(=O)(=O)N1CCCC1CCCO. The highest BCUT2D eigenvalue weighted by atomic mass is 32.2. The summed E-state index contributed by atoms with van der Waals surface area (Å²) in [6.07, 6.45) is 3.22. The summed E-state index contributed by atoms with van der Waals surface area (Å²) in [5.74, 6) is 0. The van der Waals surface area contributed by atoms with Gasteiger partial charge in [0.1, 0.15) is 0 Å². The van der Waals surface area contributed by atoms with Crippen molar-refractivity contribution in [3.8, 4) is 0 Å². The van der Waals surface area contributed by atoms with E-state index in [0.717, 1.165) is 19.3 Å². The van der Waals surface area contributed by atoms with Gasteiger partial charge in [-0.05, 0) is 39.5 Å². The molecule has 1 atom stereocenters. The zero-order valence-electron chi connectivity index (χ0n) is 10.0. The molecule has 1 rings (SSSR count). The predicted octanol–water partition coefficient (Wildman–Crippen LogP) is 0.466. The topological polar surface area (TPSA) is 69.6 Å². The fourth-order valence-corrected chi connectivity index (χ4v) is 3.81. The molecule has 0 radical (unpaired) electrons. The van der Waals surface area contributed by atoms with Crippen LogP contribution in [-0.4, -0.2) is 43.1 Å². The van der Waals surface area contributed by atoms with E-state index in [2.05, 4.69) is 4.72 Å². The van der Waals surface area contributed by atoms with Gasteiger partial charge in [0.15, 0.2) is 0 Å². The van der Waals surface area contributed by atoms with Crippen molar-refractivity contribution in [2.24, 2.45) is 0 Å². The van der Waals surface area contributed by atoms with Crippen molar-refractivity contribution in [1.29, 1.82) is 0 Å². The molecule has 1 fully saturated rings. The Morgan fingerprint density at radius 2 is 2.19 bits per heavy atom. The first kappa shape index (κ1) is 13.9. The normalized spacial score (nSPS) is 23.1. The summed E-state index contributed by atoms with van der Waals surface area (Å²) in [4.78, 5) is 0. The van der Waals surface area contributed by atoms with Crippen molar-refractivity contribution in [1.82, 2.24) is 9.03 Å². The van der Waals surface area contributed by atoms with Gasteiger partial charge in [-0.25, -0.2) is 0 Å². The molecule has 0 aromatic carbocycles. The molecule has 16 heavy (non-hydrogen) atoms. The van der Waals surface area contributed by atoms with Crippen LogP contribution in [0.5, 0.6) is 0 Å². The molecule has 2 N–H and O–H groups in total. The van der Waals surface area contributed by atoms with Crippen LogP contribution in [0.25, 0.3) is 0 Å². The average Bonchev–Trinajstić information content (AvgIpc) is 2.61. The van der Waals surface area contributed by atoms with Crippen LogP contribution in [0.1, 0.15) is 39.5 Å². The molecular weight excluding hydrogens is 228 g/mol. The van der Waals surface area contributed by atoms with Crippen molar-refractivity contribution in [2.45, 2.75) is 51.6 Å². The van der Waals surface area contributed by atoms with Gasteiger partial charge in [-0.15, -0.1) is 0 Å². The van der Waals surface area contributed by atoms with Gasteiger partial charge >= 0.3 is 0 Å². The molecule has 0 saturated carbocycles. The Balaban J connectivity index is 2.63. The first-order chi connectivity index (χ1) is 7.47. The van der Waals surface area contributed by atoms with E-state index in [4.69, 9.17) is 5.11 Å². The molecule has 1 heterocycles. The average molecular weight is 250 g/mol. The van der Waals surface area contributed by atoms with Gasteiger partial charge in [0, 0.05) is 25.2 Å². The lowest BCUT2D eigenvalue weighted by molar-refractivity contribution is 0.263. The Morgan fingerprint density at radius 3 is 2.75 bits per heavy atom. The van der Waals surface area contributed by atoms with E-state index in [1.807, 2.05) is 13.8 Å². The first-order valence-corrected chi connectivity index (χ1v) is 7.31. The van der Waals surface area contributed by atoms with Gasteiger partial charge in [0.25, 0.3) is 10.2 Å². The lowest BCUT2D eigenvalue weighted by Gasteiger charge is -2.25. The monoisotopic (exact) mass is 250 g/mol. The van der Waals surface area contributed by atoms with Gasteiger partial charge in [-0.3, -0.25) is 0 Å². The molecule has 1 unspecified atom stereocenters. The van der Waals surface area contributed by atoms with E-state index in [9.17, 15) is 8.42 Å². The molecule has 0 amide bonds.